The first-order chi connectivity index (χ1) is 53.2. The van der Waals surface area contributed by atoms with Crippen molar-refractivity contribution in [2.24, 2.45) is 50.2 Å². The predicted molar refractivity (Wildman–Crippen MR) is 403 cm³/mol. The Hall–Kier alpha value is -2.18. The van der Waals surface area contributed by atoms with Crippen molar-refractivity contribution in [1.29, 1.82) is 0 Å². The number of rotatable bonds is 32. The molecule has 9 fully saturated rings. The summed E-state index contributed by atoms with van der Waals surface area (Å²) < 4.78 is 67.6. The number of hydrogen-bond donors (Lipinski definition) is 19. The number of aliphatic hydroxyl groups is 16. The van der Waals surface area contributed by atoms with Crippen LogP contribution in [0.2, 0.25) is 0 Å². The fraction of sp³-hybridized carbons (Fsp3) is 0.922. The van der Waals surface area contributed by atoms with Crippen molar-refractivity contribution in [1.82, 2.24) is 5.32 Å². The number of nitrogens with one attached hydrogen (secondary N) is 1. The molecule has 1 amide bonds. The average Bonchev–Trinajstić information content (AvgIpc) is 0.675. The lowest BCUT2D eigenvalue weighted by Crippen LogP contribution is -2.69. The van der Waals surface area contributed by atoms with E-state index in [9.17, 15) is 106 Å². The molecule has 0 spiro atoms. The molecular formula is C77H126INO33S. The molecule has 4 aliphatic carbocycles. The Labute approximate surface area is 676 Å². The van der Waals surface area contributed by atoms with Crippen LogP contribution >= 0.6 is 34.4 Å². The molecule has 3 saturated carbocycles. The zero-order valence-corrected chi connectivity index (χ0v) is 68.6. The lowest BCUT2D eigenvalue weighted by molar-refractivity contribution is -0.391. The molecule has 19 N–H and O–H groups in total. The third kappa shape index (κ3) is 19.2. The Kier molecular flexibility index (Phi) is 31.7. The average molecular weight is 1750 g/mol. The van der Waals surface area contributed by atoms with Gasteiger partial charge in [0, 0.05) is 27.9 Å². The normalized spacial score (nSPS) is 47.6. The van der Waals surface area contributed by atoms with Crippen LogP contribution in [0, 0.1) is 50.2 Å². The Balaban J connectivity index is 0.914. The summed E-state index contributed by atoms with van der Waals surface area (Å²) in [4.78, 5) is 52.3. The molecular weight excluding hydrogens is 1630 g/mol. The summed E-state index contributed by atoms with van der Waals surface area (Å²) in [6, 6.07) is -1.27. The van der Waals surface area contributed by atoms with Gasteiger partial charge in [-0.05, 0) is 105 Å². The molecule has 0 aromatic heterocycles. The molecule has 38 atom stereocenters. The molecule has 10 rings (SSSR count). The van der Waals surface area contributed by atoms with E-state index in [0.717, 1.165) is 50.4 Å². The van der Waals surface area contributed by atoms with Gasteiger partial charge in [-0.1, -0.05) is 121 Å². The number of allylic oxidation sites excluding steroid dienone is 2. The van der Waals surface area contributed by atoms with Gasteiger partial charge in [-0.3, -0.25) is 9.59 Å². The molecule has 0 aromatic carbocycles. The van der Waals surface area contributed by atoms with Gasteiger partial charge < -0.3 is 154 Å². The van der Waals surface area contributed by atoms with E-state index in [1.54, 1.807) is 6.92 Å². The fourth-order valence-electron chi connectivity index (χ4n) is 20.0. The number of carboxylic acid groups (broad SMARTS) is 2. The van der Waals surface area contributed by atoms with Gasteiger partial charge in [-0.25, -0.2) is 4.79 Å². The summed E-state index contributed by atoms with van der Waals surface area (Å²) in [6.45, 7) is 12.9. The van der Waals surface area contributed by atoms with Crippen molar-refractivity contribution in [2.45, 2.75) is 352 Å². The number of unbranched alkanes of at least 4 members (excludes halogenated alkanes) is 7. The van der Waals surface area contributed by atoms with Crippen LogP contribution in [-0.4, -0.2) is 336 Å². The summed E-state index contributed by atoms with van der Waals surface area (Å²) in [5, 5.41) is 202. The lowest BCUT2D eigenvalue weighted by atomic mass is 9.35. The van der Waals surface area contributed by atoms with Crippen molar-refractivity contribution < 1.29 is 163 Å². The smallest absolute Gasteiger partial charge is 0.335 e. The highest BCUT2D eigenvalue weighted by molar-refractivity contribution is 14.1. The second-order valence-electron chi connectivity index (χ2n) is 35.6. The minimum Gasteiger partial charge on any atom is -0.481 e. The molecule has 113 heavy (non-hydrogen) atoms. The van der Waals surface area contributed by atoms with Gasteiger partial charge in [-0.2, -0.15) is 0 Å². The molecule has 0 aromatic rings. The lowest BCUT2D eigenvalue weighted by Gasteiger charge is -2.71. The fourth-order valence-corrected chi connectivity index (χ4v) is 23.8. The highest BCUT2D eigenvalue weighted by Crippen LogP contribution is 2.75. The van der Waals surface area contributed by atoms with E-state index in [-0.39, 0.29) is 46.7 Å². The summed E-state index contributed by atoms with van der Waals surface area (Å²) in [7, 11) is 0. The van der Waals surface area contributed by atoms with Crippen molar-refractivity contribution in [3.05, 3.63) is 11.6 Å². The van der Waals surface area contributed by atoms with E-state index in [1.807, 2.05) is 0 Å². The van der Waals surface area contributed by atoms with E-state index < -0.39 is 267 Å². The Morgan fingerprint density at radius 2 is 1.18 bits per heavy atom. The van der Waals surface area contributed by atoms with Crippen LogP contribution in [0.4, 0.5) is 0 Å². The van der Waals surface area contributed by atoms with Crippen LogP contribution in [0.15, 0.2) is 11.6 Å². The van der Waals surface area contributed by atoms with Crippen LogP contribution in [0.1, 0.15) is 171 Å². The summed E-state index contributed by atoms with van der Waals surface area (Å²) >= 11 is 3.72. The van der Waals surface area contributed by atoms with Crippen molar-refractivity contribution in [2.75, 3.05) is 38.8 Å². The number of aliphatic carboxylic acids is 2. The third-order valence-electron chi connectivity index (χ3n) is 27.2. The first-order valence-electron chi connectivity index (χ1n) is 40.2. The largest absolute Gasteiger partial charge is 0.481 e. The number of carbonyl (C=O) groups is 4. The second-order valence-corrected chi connectivity index (χ2v) is 37.9. The third-order valence-corrected chi connectivity index (χ3v) is 30.5. The minimum absolute atomic E-state index is 0.0697. The Morgan fingerprint density at radius 3 is 1.75 bits per heavy atom. The van der Waals surface area contributed by atoms with Crippen LogP contribution in [0.3, 0.4) is 0 Å². The van der Waals surface area contributed by atoms with Crippen LogP contribution in [-0.2, 0) is 71.3 Å². The van der Waals surface area contributed by atoms with Gasteiger partial charge in [0.15, 0.2) is 37.6 Å². The Morgan fingerprint density at radius 1 is 0.602 bits per heavy atom. The monoisotopic (exact) mass is 1750 g/mol. The van der Waals surface area contributed by atoms with Crippen LogP contribution in [0.5, 0.6) is 0 Å². The van der Waals surface area contributed by atoms with Gasteiger partial charge >= 0.3 is 11.9 Å². The van der Waals surface area contributed by atoms with Gasteiger partial charge in [0.2, 0.25) is 5.91 Å². The number of ether oxygens (including phenoxy) is 11. The van der Waals surface area contributed by atoms with Gasteiger partial charge in [0.25, 0.3) is 0 Å². The SMILES string of the molecule is CC1O[C@@H](OC2C(O)[C@@H](NC(=O)CCCCCCCCCCC(=O)O)C(CO)O[C@H]2SC[C@]2(CCC(C)(C)C)C(I)C3=CCC4C5(C)CC[C@H](O[C@@H]6OC(C(=O)O)[C@@H](O)C(O[C@@H]7OC[C@@H](O)C(O)C7O)C6O[C@@H]6OC(CO)[C@H](O)C(O)C6O)C(C)(C=O)C5CCC4(C)C3(C)C[C@@H]2O)C(CO)C(O)[C@H]1O[C@@H]1OC[C@@H](O)C(O)C1O. The number of carbonyl (C=O) groups excluding carboxylic acids is 2. The van der Waals surface area contributed by atoms with Gasteiger partial charge in [0.1, 0.15) is 115 Å². The van der Waals surface area contributed by atoms with Crippen LogP contribution in [0.25, 0.3) is 0 Å². The maximum Gasteiger partial charge on any atom is 0.335 e. The summed E-state index contributed by atoms with van der Waals surface area (Å²) in [6.07, 6.45) is -32.3. The highest BCUT2D eigenvalue weighted by atomic mass is 127. The zero-order chi connectivity index (χ0) is 82.9. The quantitative estimate of drug-likeness (QED) is 0.0101. The Bertz CT molecular complexity index is 3170. The molecule has 23 unspecified atom stereocenters. The maximum absolute atomic E-state index is 14.3. The highest BCUT2D eigenvalue weighted by Gasteiger charge is 2.71. The number of alkyl halides is 1. The number of aliphatic hydroxyl groups excluding tert-OH is 16. The molecule has 6 heterocycles. The summed E-state index contributed by atoms with van der Waals surface area (Å²) in [5.74, 6) is -4.71. The van der Waals surface area contributed by atoms with E-state index >= 15 is 0 Å². The number of halogens is 1. The molecule has 10 aliphatic rings. The molecule has 0 radical (unpaired) electrons. The predicted octanol–water partition coefficient (Wildman–Crippen LogP) is -0.488. The number of amides is 1. The maximum atomic E-state index is 14.3. The number of carboxylic acids is 2. The minimum atomic E-state index is -2.21. The van der Waals surface area contributed by atoms with Crippen molar-refractivity contribution in [3.8, 4) is 0 Å². The number of aldehydes is 1. The number of hydrogen-bond acceptors (Lipinski definition) is 32. The van der Waals surface area contributed by atoms with E-state index in [1.165, 1.54) is 18.7 Å². The van der Waals surface area contributed by atoms with E-state index in [4.69, 9.17) is 57.2 Å². The molecule has 36 heteroatoms. The number of thioether (sulfide) groups is 1. The first kappa shape index (κ1) is 93.1. The zero-order valence-electron chi connectivity index (χ0n) is 65.6. The molecule has 0 bridgehead atoms. The molecule has 6 saturated heterocycles. The standard InChI is InChI=1S/C77H126INO33S/c1-35-59(108-67-55(96)50(91)38(84)31-102-67)49(90)36(28-80)66(104-35)111-62-53(94)48(79-46(87)17-15-13-11-9-10-12-14-16-18-47(88)89)40(29-81)106-71(62)113-34-77(26-25-72(2,3)4)44(86)27-76(8)37(64(77)78)19-20-43-73(5)23-22-45(74(6,33-83)42(73)21-24-75(43,76)7)107-70-63(112-69-57(98)54(95)52(93)41(30-82)105-69)60(58(99)61(110-70)65(100)101)109-68-56(97)51(92)39(85)32-103-68/h19,33,35-36,38-45,48-64,66-71,80-82,84-86,90-99H,9-18,20-32,34H2,1-8H3,(H,79,87)(H,88,89)(H,100,101)/t35?,36?,38-,39-,40?,41?,42?,43?,44+,45+,48+,49?,50?,51?,52+,53?,54?,55?,56?,57?,58+,59+,60?,61?,62?,63?,64?,66+,67+,68+,69+,70-,71+,73?,74?,75?,76?,77+/m1/s1. The first-order valence-corrected chi connectivity index (χ1v) is 42.5. The van der Waals surface area contributed by atoms with E-state index in [2.05, 4.69) is 75.5 Å². The van der Waals surface area contributed by atoms with Crippen LogP contribution < -0.4 is 5.32 Å². The topological polar surface area (TPSA) is 546 Å². The van der Waals surface area contributed by atoms with Crippen molar-refractivity contribution >= 4 is 58.5 Å². The van der Waals surface area contributed by atoms with Crippen molar-refractivity contribution in [3.63, 3.8) is 0 Å². The van der Waals surface area contributed by atoms with Gasteiger partial charge in [0.05, 0.1) is 74.8 Å². The second kappa shape index (κ2) is 38.5. The summed E-state index contributed by atoms with van der Waals surface area (Å²) in [5.41, 5.74) is -4.61. The molecule has 6 aliphatic heterocycles. The molecule has 34 nitrogen and oxygen atoms in total. The van der Waals surface area contributed by atoms with Gasteiger partial charge in [-0.15, -0.1) is 11.8 Å². The van der Waals surface area contributed by atoms with E-state index in [0.29, 0.717) is 51.4 Å². The number of fused-ring (bicyclic) bond motifs is 5. The molecule has 650 valence electrons.